The molecular weight excluding hydrogens is 245 g/mol. The van der Waals surface area contributed by atoms with Gasteiger partial charge in [0.25, 0.3) is 0 Å². The topological polar surface area (TPSA) is 21.3 Å². The van der Waals surface area contributed by atoms with Crippen LogP contribution in [0.2, 0.25) is 10.0 Å². The zero-order valence-corrected chi connectivity index (χ0v) is 11.3. The first-order valence-electron chi connectivity index (χ1n) is 5.29. The first kappa shape index (κ1) is 13.8. The maximum atomic E-state index is 5.99. The molecule has 1 atom stereocenters. The average Bonchev–Trinajstić information content (AvgIpc) is 2.21. The molecule has 0 saturated heterocycles. The molecule has 0 amide bonds. The van der Waals surface area contributed by atoms with Gasteiger partial charge in [-0.2, -0.15) is 0 Å². The van der Waals surface area contributed by atoms with Crippen LogP contribution in [0.3, 0.4) is 0 Å². The van der Waals surface area contributed by atoms with Crippen molar-refractivity contribution in [2.75, 3.05) is 13.6 Å². The molecule has 0 bridgehead atoms. The lowest BCUT2D eigenvalue weighted by Gasteiger charge is -2.21. The van der Waals surface area contributed by atoms with Gasteiger partial charge in [0, 0.05) is 6.54 Å². The van der Waals surface area contributed by atoms with E-state index in [0.29, 0.717) is 10.0 Å². The van der Waals surface area contributed by atoms with Crippen molar-refractivity contribution in [3.05, 3.63) is 33.8 Å². The van der Waals surface area contributed by atoms with Gasteiger partial charge in [0.2, 0.25) is 0 Å². The molecule has 1 N–H and O–H groups in total. The minimum atomic E-state index is -0.000216. The zero-order chi connectivity index (χ0) is 12.1. The molecule has 1 aromatic carbocycles. The van der Waals surface area contributed by atoms with E-state index in [1.165, 1.54) is 0 Å². The SMILES string of the molecule is CNC[C@@H](OC(C)C)c1ccc(Cl)c(Cl)c1. The predicted molar refractivity (Wildman–Crippen MR) is 69.4 cm³/mol. The van der Waals surface area contributed by atoms with Gasteiger partial charge in [0.1, 0.15) is 0 Å². The van der Waals surface area contributed by atoms with E-state index in [4.69, 9.17) is 27.9 Å². The molecule has 90 valence electrons. The average molecular weight is 262 g/mol. The van der Waals surface area contributed by atoms with Crippen molar-refractivity contribution < 1.29 is 4.74 Å². The van der Waals surface area contributed by atoms with Gasteiger partial charge in [0.15, 0.2) is 0 Å². The summed E-state index contributed by atoms with van der Waals surface area (Å²) in [4.78, 5) is 0. The minimum absolute atomic E-state index is 0.000216. The Labute approximate surface area is 107 Å². The summed E-state index contributed by atoms with van der Waals surface area (Å²) in [5, 5.41) is 4.24. The Hall–Kier alpha value is -0.280. The number of likely N-dealkylation sites (N-methyl/N-ethyl adjacent to an activating group) is 1. The quantitative estimate of drug-likeness (QED) is 0.874. The van der Waals surface area contributed by atoms with Crippen molar-refractivity contribution in [3.8, 4) is 0 Å². The van der Waals surface area contributed by atoms with E-state index in [2.05, 4.69) is 5.32 Å². The van der Waals surface area contributed by atoms with E-state index in [9.17, 15) is 0 Å². The molecule has 0 aromatic heterocycles. The highest BCUT2D eigenvalue weighted by Crippen LogP contribution is 2.27. The molecule has 0 fully saturated rings. The van der Waals surface area contributed by atoms with Crippen LogP contribution in [0.5, 0.6) is 0 Å². The second-order valence-electron chi connectivity index (χ2n) is 3.90. The molecule has 0 radical (unpaired) electrons. The van der Waals surface area contributed by atoms with Gasteiger partial charge in [-0.05, 0) is 38.6 Å². The summed E-state index contributed by atoms with van der Waals surface area (Å²) >= 11 is 11.9. The highest BCUT2D eigenvalue weighted by atomic mass is 35.5. The van der Waals surface area contributed by atoms with Crippen molar-refractivity contribution in [2.24, 2.45) is 0 Å². The van der Waals surface area contributed by atoms with Crippen LogP contribution in [0.25, 0.3) is 0 Å². The van der Waals surface area contributed by atoms with Crippen molar-refractivity contribution in [3.63, 3.8) is 0 Å². The number of ether oxygens (including phenoxy) is 1. The van der Waals surface area contributed by atoms with Crippen LogP contribution in [-0.2, 0) is 4.74 Å². The van der Waals surface area contributed by atoms with E-state index in [1.807, 2.05) is 33.0 Å². The molecule has 0 spiro atoms. The van der Waals surface area contributed by atoms with Gasteiger partial charge in [-0.1, -0.05) is 29.3 Å². The van der Waals surface area contributed by atoms with E-state index < -0.39 is 0 Å². The molecule has 2 nitrogen and oxygen atoms in total. The third kappa shape index (κ3) is 3.95. The van der Waals surface area contributed by atoms with Gasteiger partial charge in [-0.3, -0.25) is 0 Å². The van der Waals surface area contributed by atoms with Crippen LogP contribution in [0.15, 0.2) is 18.2 Å². The Bertz CT molecular complexity index is 342. The van der Waals surface area contributed by atoms with Crippen molar-refractivity contribution >= 4 is 23.2 Å². The molecule has 4 heteroatoms. The molecule has 0 unspecified atom stereocenters. The number of nitrogens with one attached hydrogen (secondary N) is 1. The van der Waals surface area contributed by atoms with Crippen LogP contribution in [0.1, 0.15) is 25.5 Å². The largest absolute Gasteiger partial charge is 0.370 e. The smallest absolute Gasteiger partial charge is 0.0953 e. The molecule has 0 saturated carbocycles. The number of benzene rings is 1. The van der Waals surface area contributed by atoms with Gasteiger partial charge >= 0.3 is 0 Å². The number of rotatable bonds is 5. The summed E-state index contributed by atoms with van der Waals surface area (Å²) in [5.41, 5.74) is 1.04. The molecular formula is C12H17Cl2NO. The Kier molecular flexibility index (Phi) is 5.56. The fourth-order valence-corrected chi connectivity index (χ4v) is 1.78. The predicted octanol–water partition coefficient (Wildman–Crippen LogP) is 3.68. The lowest BCUT2D eigenvalue weighted by Crippen LogP contribution is -2.22. The molecule has 1 rings (SSSR count). The summed E-state index contributed by atoms with van der Waals surface area (Å²) in [6.07, 6.45) is 0.174. The van der Waals surface area contributed by atoms with Gasteiger partial charge < -0.3 is 10.1 Å². The zero-order valence-electron chi connectivity index (χ0n) is 9.76. The second kappa shape index (κ2) is 6.45. The fraction of sp³-hybridized carbons (Fsp3) is 0.500. The Morgan fingerprint density at radius 2 is 1.94 bits per heavy atom. The van der Waals surface area contributed by atoms with Gasteiger partial charge in [-0.15, -0.1) is 0 Å². The molecule has 0 aliphatic heterocycles. The number of hydrogen-bond donors (Lipinski definition) is 1. The molecule has 0 heterocycles. The van der Waals surface area contributed by atoms with Crippen molar-refractivity contribution in [1.29, 1.82) is 0 Å². The second-order valence-corrected chi connectivity index (χ2v) is 4.72. The summed E-state index contributed by atoms with van der Waals surface area (Å²) in [6, 6.07) is 5.60. The monoisotopic (exact) mass is 261 g/mol. The lowest BCUT2D eigenvalue weighted by atomic mass is 10.1. The maximum Gasteiger partial charge on any atom is 0.0953 e. The summed E-state index contributed by atoms with van der Waals surface area (Å²) in [5.74, 6) is 0. The van der Waals surface area contributed by atoms with E-state index in [1.54, 1.807) is 6.07 Å². The highest BCUT2D eigenvalue weighted by Gasteiger charge is 2.14. The van der Waals surface area contributed by atoms with Gasteiger partial charge in [0.05, 0.1) is 22.3 Å². The Morgan fingerprint density at radius 3 is 2.44 bits per heavy atom. The maximum absolute atomic E-state index is 5.99. The van der Waals surface area contributed by atoms with Gasteiger partial charge in [-0.25, -0.2) is 0 Å². The van der Waals surface area contributed by atoms with Crippen LogP contribution in [-0.4, -0.2) is 19.7 Å². The third-order valence-corrected chi connectivity index (χ3v) is 2.88. The molecule has 0 aliphatic rings. The number of halogens is 2. The Morgan fingerprint density at radius 1 is 1.25 bits per heavy atom. The third-order valence-electron chi connectivity index (χ3n) is 2.14. The van der Waals surface area contributed by atoms with Crippen LogP contribution in [0, 0.1) is 0 Å². The van der Waals surface area contributed by atoms with Crippen molar-refractivity contribution in [2.45, 2.75) is 26.1 Å². The van der Waals surface area contributed by atoms with E-state index in [0.717, 1.165) is 12.1 Å². The highest BCUT2D eigenvalue weighted by molar-refractivity contribution is 6.42. The molecule has 1 aromatic rings. The first-order chi connectivity index (χ1) is 7.54. The molecule has 16 heavy (non-hydrogen) atoms. The van der Waals surface area contributed by atoms with Crippen LogP contribution >= 0.6 is 23.2 Å². The van der Waals surface area contributed by atoms with E-state index >= 15 is 0 Å². The summed E-state index contributed by atoms with van der Waals surface area (Å²) in [6.45, 7) is 4.77. The summed E-state index contributed by atoms with van der Waals surface area (Å²) in [7, 11) is 1.90. The standard InChI is InChI=1S/C12H17Cl2NO/c1-8(2)16-12(7-15-3)9-4-5-10(13)11(14)6-9/h4-6,8,12,15H,7H2,1-3H3/t12-/m1/s1. The lowest BCUT2D eigenvalue weighted by molar-refractivity contribution is 0.00815. The molecule has 0 aliphatic carbocycles. The number of hydrogen-bond acceptors (Lipinski definition) is 2. The van der Waals surface area contributed by atoms with Crippen molar-refractivity contribution in [1.82, 2.24) is 5.32 Å². The van der Waals surface area contributed by atoms with E-state index in [-0.39, 0.29) is 12.2 Å². The Balaban J connectivity index is 2.87. The first-order valence-corrected chi connectivity index (χ1v) is 6.05. The summed E-state index contributed by atoms with van der Waals surface area (Å²) < 4.78 is 5.81. The van der Waals surface area contributed by atoms with Crippen LogP contribution < -0.4 is 5.32 Å². The minimum Gasteiger partial charge on any atom is -0.370 e. The van der Waals surface area contributed by atoms with Crippen LogP contribution in [0.4, 0.5) is 0 Å². The fourth-order valence-electron chi connectivity index (χ4n) is 1.47. The normalized spacial score (nSPS) is 13.1.